The second-order valence-electron chi connectivity index (χ2n) is 7.32. The highest BCUT2D eigenvalue weighted by molar-refractivity contribution is 8.06. The Hall–Kier alpha value is -2.20. The van der Waals surface area contributed by atoms with Crippen molar-refractivity contribution in [3.63, 3.8) is 0 Å². The van der Waals surface area contributed by atoms with Gasteiger partial charge in [-0.1, -0.05) is 37.7 Å². The second kappa shape index (κ2) is 6.20. The van der Waals surface area contributed by atoms with Gasteiger partial charge in [0.2, 0.25) is 0 Å². The Kier molecular flexibility index (Phi) is 4.43. The number of ketones is 1. The lowest BCUT2D eigenvalue weighted by Crippen LogP contribution is -2.30. The smallest absolute Gasteiger partial charge is 0.392 e. The zero-order chi connectivity index (χ0) is 19.3. The fourth-order valence-corrected chi connectivity index (χ4v) is 4.83. The fraction of sp³-hybridized carbons (Fsp3) is 0.368. The molecule has 3 rings (SSSR count). The summed E-state index contributed by atoms with van der Waals surface area (Å²) in [4.78, 5) is 13.6. The molecule has 0 radical (unpaired) electrons. The van der Waals surface area contributed by atoms with E-state index in [-0.39, 0.29) is 16.8 Å². The fourth-order valence-electron chi connectivity index (χ4n) is 3.48. The molecule has 0 amide bonds. The first-order chi connectivity index (χ1) is 12.0. The van der Waals surface area contributed by atoms with Crippen LogP contribution in [0, 0.1) is 16.7 Å². The average Bonchev–Trinajstić information content (AvgIpc) is 2.51. The van der Waals surface area contributed by atoms with Gasteiger partial charge in [-0.3, -0.25) is 4.79 Å². The van der Waals surface area contributed by atoms with Crippen molar-refractivity contribution in [2.75, 3.05) is 0 Å². The standard InChI is InChI=1S/C19H17F3N2OS/c1-18(2)7-13(25)16-14(8-18)26-17(24)12(9-23)15(16)10-3-5-11(6-4-10)19(20,21)22/h3-6,15H,7-8,24H2,1-2H3. The lowest BCUT2D eigenvalue weighted by atomic mass is 9.71. The third kappa shape index (κ3) is 3.26. The van der Waals surface area contributed by atoms with E-state index in [9.17, 15) is 23.2 Å². The second-order valence-corrected chi connectivity index (χ2v) is 8.46. The van der Waals surface area contributed by atoms with E-state index in [1.54, 1.807) is 0 Å². The Morgan fingerprint density at radius 3 is 2.38 bits per heavy atom. The molecule has 1 aromatic carbocycles. The van der Waals surface area contributed by atoms with Crippen molar-refractivity contribution in [2.45, 2.75) is 38.8 Å². The van der Waals surface area contributed by atoms with Crippen molar-refractivity contribution in [2.24, 2.45) is 11.1 Å². The molecule has 2 aliphatic rings. The zero-order valence-electron chi connectivity index (χ0n) is 14.3. The number of carbonyl (C=O) groups is 1. The SMILES string of the molecule is CC1(C)CC(=O)C2=C(C1)SC(N)=C(C#N)C2c1ccc(C(F)(F)F)cc1. The number of halogens is 3. The third-order valence-corrected chi connectivity index (χ3v) is 5.70. The third-order valence-electron chi connectivity index (χ3n) is 4.65. The minimum absolute atomic E-state index is 0.0751. The Morgan fingerprint density at radius 2 is 1.85 bits per heavy atom. The normalized spacial score (nSPS) is 22.9. The number of carbonyl (C=O) groups excluding carboxylic acids is 1. The Morgan fingerprint density at radius 1 is 1.23 bits per heavy atom. The predicted octanol–water partition coefficient (Wildman–Crippen LogP) is 4.87. The summed E-state index contributed by atoms with van der Waals surface area (Å²) < 4.78 is 38.5. The molecule has 1 heterocycles. The first-order valence-electron chi connectivity index (χ1n) is 8.04. The molecule has 1 aliphatic heterocycles. The molecule has 0 spiro atoms. The molecule has 0 saturated heterocycles. The number of alkyl halides is 3. The van der Waals surface area contributed by atoms with E-state index in [0.29, 0.717) is 29.0 Å². The largest absolute Gasteiger partial charge is 0.416 e. The van der Waals surface area contributed by atoms with E-state index in [0.717, 1.165) is 17.0 Å². The van der Waals surface area contributed by atoms with Gasteiger partial charge in [-0.2, -0.15) is 18.4 Å². The number of nitrogens with two attached hydrogens (primary N) is 1. The highest BCUT2D eigenvalue weighted by Gasteiger charge is 2.42. The van der Waals surface area contributed by atoms with Crippen LogP contribution in [-0.2, 0) is 11.0 Å². The van der Waals surface area contributed by atoms with Crippen LogP contribution in [0.2, 0.25) is 0 Å². The van der Waals surface area contributed by atoms with Crippen LogP contribution >= 0.6 is 11.8 Å². The Labute approximate surface area is 153 Å². The first-order valence-corrected chi connectivity index (χ1v) is 8.86. The molecule has 1 aliphatic carbocycles. The minimum Gasteiger partial charge on any atom is -0.392 e. The average molecular weight is 378 g/mol. The van der Waals surface area contributed by atoms with Crippen LogP contribution in [0.4, 0.5) is 13.2 Å². The molecule has 0 fully saturated rings. The Bertz CT molecular complexity index is 874. The van der Waals surface area contributed by atoms with Crippen molar-refractivity contribution >= 4 is 17.5 Å². The number of allylic oxidation sites excluding steroid dienone is 3. The van der Waals surface area contributed by atoms with E-state index in [4.69, 9.17) is 5.73 Å². The number of nitriles is 1. The summed E-state index contributed by atoms with van der Waals surface area (Å²) in [6.45, 7) is 3.98. The van der Waals surface area contributed by atoms with Crippen LogP contribution in [0.3, 0.4) is 0 Å². The molecule has 0 saturated carbocycles. The maximum Gasteiger partial charge on any atom is 0.416 e. The van der Waals surface area contributed by atoms with E-state index in [1.807, 2.05) is 19.9 Å². The molecule has 1 atom stereocenters. The van der Waals surface area contributed by atoms with Gasteiger partial charge in [0.05, 0.1) is 28.2 Å². The maximum atomic E-state index is 12.8. The van der Waals surface area contributed by atoms with Gasteiger partial charge in [0.1, 0.15) is 0 Å². The number of thioether (sulfide) groups is 1. The van der Waals surface area contributed by atoms with Crippen LogP contribution in [-0.4, -0.2) is 5.78 Å². The van der Waals surface area contributed by atoms with Crippen molar-refractivity contribution in [3.05, 3.63) is 56.5 Å². The van der Waals surface area contributed by atoms with Crippen LogP contribution in [0.1, 0.15) is 43.7 Å². The molecule has 1 aromatic rings. The predicted molar refractivity (Wildman–Crippen MR) is 93.7 cm³/mol. The lowest BCUT2D eigenvalue weighted by Gasteiger charge is -2.37. The maximum absolute atomic E-state index is 12.8. The molecule has 2 N–H and O–H groups in total. The molecule has 3 nitrogen and oxygen atoms in total. The summed E-state index contributed by atoms with van der Waals surface area (Å²) in [5.41, 5.74) is 6.26. The number of hydrogen-bond donors (Lipinski definition) is 1. The van der Waals surface area contributed by atoms with Crippen LogP contribution in [0.15, 0.2) is 45.3 Å². The van der Waals surface area contributed by atoms with Gasteiger partial charge < -0.3 is 5.73 Å². The summed E-state index contributed by atoms with van der Waals surface area (Å²) in [6, 6.07) is 6.64. The quantitative estimate of drug-likeness (QED) is 0.757. The van der Waals surface area contributed by atoms with E-state index in [2.05, 4.69) is 0 Å². The highest BCUT2D eigenvalue weighted by Crippen LogP contribution is 2.52. The molecule has 26 heavy (non-hydrogen) atoms. The summed E-state index contributed by atoms with van der Waals surface area (Å²) in [6.07, 6.45) is -3.46. The molecule has 0 bridgehead atoms. The molecule has 7 heteroatoms. The van der Waals surface area contributed by atoms with Crippen molar-refractivity contribution in [1.82, 2.24) is 0 Å². The summed E-state index contributed by atoms with van der Waals surface area (Å²) >= 11 is 1.23. The van der Waals surface area contributed by atoms with Gasteiger partial charge in [-0.25, -0.2) is 0 Å². The molecule has 1 unspecified atom stereocenters. The van der Waals surface area contributed by atoms with Gasteiger partial charge >= 0.3 is 6.18 Å². The van der Waals surface area contributed by atoms with Gasteiger partial charge in [0.15, 0.2) is 5.78 Å². The zero-order valence-corrected chi connectivity index (χ0v) is 15.1. The van der Waals surface area contributed by atoms with Gasteiger partial charge in [-0.05, 0) is 34.4 Å². The number of benzene rings is 1. The topological polar surface area (TPSA) is 66.9 Å². The number of nitrogens with zero attached hydrogens (tertiary/aromatic N) is 1. The van der Waals surface area contributed by atoms with E-state index < -0.39 is 17.7 Å². The first kappa shape index (κ1) is 18.6. The summed E-state index contributed by atoms with van der Waals surface area (Å²) in [7, 11) is 0. The lowest BCUT2D eigenvalue weighted by molar-refractivity contribution is -0.137. The van der Waals surface area contributed by atoms with Crippen LogP contribution < -0.4 is 5.73 Å². The van der Waals surface area contributed by atoms with E-state index in [1.165, 1.54) is 23.9 Å². The van der Waals surface area contributed by atoms with E-state index >= 15 is 0 Å². The number of rotatable bonds is 1. The van der Waals surface area contributed by atoms with Gasteiger partial charge in [-0.15, -0.1) is 0 Å². The van der Waals surface area contributed by atoms with Crippen LogP contribution in [0.25, 0.3) is 0 Å². The minimum atomic E-state index is -4.44. The van der Waals surface area contributed by atoms with Crippen molar-refractivity contribution in [1.29, 1.82) is 5.26 Å². The van der Waals surface area contributed by atoms with Gasteiger partial charge in [0.25, 0.3) is 0 Å². The molecule has 136 valence electrons. The molecular formula is C19H17F3N2OS. The summed E-state index contributed by atoms with van der Waals surface area (Å²) in [5, 5.41) is 9.85. The highest BCUT2D eigenvalue weighted by atomic mass is 32.2. The Balaban J connectivity index is 2.12. The van der Waals surface area contributed by atoms with Crippen molar-refractivity contribution in [3.8, 4) is 6.07 Å². The number of Topliss-reactive ketones (excluding diaryl/α,β-unsaturated/α-hetero) is 1. The number of hydrogen-bond acceptors (Lipinski definition) is 4. The van der Waals surface area contributed by atoms with Crippen LogP contribution in [0.5, 0.6) is 0 Å². The molecule has 0 aromatic heterocycles. The van der Waals surface area contributed by atoms with Crippen molar-refractivity contribution < 1.29 is 18.0 Å². The van der Waals surface area contributed by atoms with Gasteiger partial charge in [0, 0.05) is 12.0 Å². The monoisotopic (exact) mass is 378 g/mol. The molecular weight excluding hydrogens is 361 g/mol. The summed E-state index contributed by atoms with van der Waals surface area (Å²) in [5.74, 6) is -0.781.